The van der Waals surface area contributed by atoms with Crippen LogP contribution in [-0.4, -0.2) is 47.2 Å². The SMILES string of the molecule is CC(C)(C)OC(=O)NC1CCC(N2CC(N)CC2=O)CC1. The highest BCUT2D eigenvalue weighted by atomic mass is 16.6. The molecule has 0 radical (unpaired) electrons. The lowest BCUT2D eigenvalue weighted by Crippen LogP contribution is -2.46. The number of nitrogens with one attached hydrogen (secondary N) is 1. The van der Waals surface area contributed by atoms with Crippen molar-refractivity contribution >= 4 is 12.0 Å². The van der Waals surface area contributed by atoms with Gasteiger partial charge in [-0.05, 0) is 46.5 Å². The van der Waals surface area contributed by atoms with E-state index in [0.29, 0.717) is 13.0 Å². The van der Waals surface area contributed by atoms with Crippen molar-refractivity contribution in [3.8, 4) is 0 Å². The third kappa shape index (κ3) is 4.59. The molecule has 6 nitrogen and oxygen atoms in total. The van der Waals surface area contributed by atoms with Crippen molar-refractivity contribution in [3.63, 3.8) is 0 Å². The van der Waals surface area contributed by atoms with Crippen molar-refractivity contribution < 1.29 is 14.3 Å². The Hall–Kier alpha value is -1.30. The summed E-state index contributed by atoms with van der Waals surface area (Å²) in [5, 5.41) is 2.92. The molecule has 2 aliphatic rings. The number of nitrogens with two attached hydrogens (primary N) is 1. The minimum absolute atomic E-state index is 0.0184. The minimum atomic E-state index is -0.473. The van der Waals surface area contributed by atoms with Gasteiger partial charge in [0.2, 0.25) is 5.91 Å². The van der Waals surface area contributed by atoms with Gasteiger partial charge >= 0.3 is 6.09 Å². The predicted molar refractivity (Wildman–Crippen MR) is 79.7 cm³/mol. The van der Waals surface area contributed by atoms with Crippen LogP contribution in [0, 0.1) is 0 Å². The molecule has 1 saturated heterocycles. The van der Waals surface area contributed by atoms with Crippen LogP contribution in [-0.2, 0) is 9.53 Å². The molecule has 1 aliphatic heterocycles. The van der Waals surface area contributed by atoms with Gasteiger partial charge in [0.1, 0.15) is 5.60 Å². The van der Waals surface area contributed by atoms with E-state index in [0.717, 1.165) is 25.7 Å². The minimum Gasteiger partial charge on any atom is -0.444 e. The fourth-order valence-corrected chi connectivity index (χ4v) is 3.12. The number of amides is 2. The number of carbonyl (C=O) groups excluding carboxylic acids is 2. The van der Waals surface area contributed by atoms with Crippen LogP contribution in [0.4, 0.5) is 4.79 Å². The topological polar surface area (TPSA) is 84.7 Å². The van der Waals surface area contributed by atoms with Crippen LogP contribution in [0.3, 0.4) is 0 Å². The lowest BCUT2D eigenvalue weighted by atomic mass is 9.90. The maximum absolute atomic E-state index is 11.9. The van der Waals surface area contributed by atoms with Crippen LogP contribution in [0.15, 0.2) is 0 Å². The predicted octanol–water partition coefficient (Wildman–Crippen LogP) is 1.38. The Morgan fingerprint density at radius 2 is 1.90 bits per heavy atom. The van der Waals surface area contributed by atoms with E-state index < -0.39 is 5.60 Å². The summed E-state index contributed by atoms with van der Waals surface area (Å²) in [6.45, 7) is 6.23. The standard InChI is InChI=1S/C15H27N3O3/c1-15(2,3)21-14(20)17-11-4-6-12(7-5-11)18-9-10(16)8-13(18)19/h10-12H,4-9,16H2,1-3H3,(H,17,20). The molecule has 1 atom stereocenters. The van der Waals surface area contributed by atoms with E-state index in [1.807, 2.05) is 25.7 Å². The maximum atomic E-state index is 11.9. The summed E-state index contributed by atoms with van der Waals surface area (Å²) in [6, 6.07) is 0.403. The van der Waals surface area contributed by atoms with E-state index in [1.54, 1.807) is 0 Å². The third-order valence-electron chi connectivity index (χ3n) is 4.05. The second kappa shape index (κ2) is 6.22. The number of hydrogen-bond donors (Lipinski definition) is 2. The van der Waals surface area contributed by atoms with Crippen LogP contribution >= 0.6 is 0 Å². The largest absolute Gasteiger partial charge is 0.444 e. The Balaban J connectivity index is 1.76. The van der Waals surface area contributed by atoms with Crippen LogP contribution in [0.5, 0.6) is 0 Å². The maximum Gasteiger partial charge on any atom is 0.407 e. The van der Waals surface area contributed by atoms with Crippen LogP contribution in [0.2, 0.25) is 0 Å². The van der Waals surface area contributed by atoms with Crippen molar-refractivity contribution in [1.29, 1.82) is 0 Å². The Morgan fingerprint density at radius 1 is 1.29 bits per heavy atom. The molecule has 3 N–H and O–H groups in total. The van der Waals surface area contributed by atoms with Crippen molar-refractivity contribution in [2.24, 2.45) is 5.73 Å². The summed E-state index contributed by atoms with van der Waals surface area (Å²) in [5.41, 5.74) is 5.37. The summed E-state index contributed by atoms with van der Waals surface area (Å²) in [6.07, 6.45) is 3.70. The summed E-state index contributed by atoms with van der Waals surface area (Å²) < 4.78 is 5.27. The Morgan fingerprint density at radius 3 is 2.38 bits per heavy atom. The first-order valence-electron chi connectivity index (χ1n) is 7.79. The van der Waals surface area contributed by atoms with E-state index >= 15 is 0 Å². The van der Waals surface area contributed by atoms with Crippen LogP contribution in [0.1, 0.15) is 52.9 Å². The highest BCUT2D eigenvalue weighted by Gasteiger charge is 2.35. The summed E-state index contributed by atoms with van der Waals surface area (Å²) in [5.74, 6) is 0.172. The van der Waals surface area contributed by atoms with Crippen molar-refractivity contribution in [3.05, 3.63) is 0 Å². The number of alkyl carbamates (subject to hydrolysis) is 1. The first-order valence-corrected chi connectivity index (χ1v) is 7.79. The number of hydrogen-bond acceptors (Lipinski definition) is 4. The fraction of sp³-hybridized carbons (Fsp3) is 0.867. The van der Waals surface area contributed by atoms with Gasteiger partial charge in [-0.2, -0.15) is 0 Å². The van der Waals surface area contributed by atoms with Gasteiger partial charge in [-0.3, -0.25) is 4.79 Å². The number of carbonyl (C=O) groups is 2. The van der Waals surface area contributed by atoms with E-state index in [1.165, 1.54) is 0 Å². The molecule has 6 heteroatoms. The number of rotatable bonds is 2. The van der Waals surface area contributed by atoms with Gasteiger partial charge < -0.3 is 20.7 Å². The van der Waals surface area contributed by atoms with Gasteiger partial charge in [0.05, 0.1) is 0 Å². The first-order chi connectivity index (χ1) is 9.74. The first kappa shape index (κ1) is 16.1. The Bertz CT molecular complexity index is 397. The summed E-state index contributed by atoms with van der Waals surface area (Å²) >= 11 is 0. The lowest BCUT2D eigenvalue weighted by Gasteiger charge is -2.35. The zero-order valence-electron chi connectivity index (χ0n) is 13.2. The molecule has 120 valence electrons. The van der Waals surface area contributed by atoms with E-state index in [9.17, 15) is 9.59 Å². The van der Waals surface area contributed by atoms with Gasteiger partial charge in [0.25, 0.3) is 0 Å². The van der Waals surface area contributed by atoms with Crippen LogP contribution < -0.4 is 11.1 Å². The zero-order valence-corrected chi connectivity index (χ0v) is 13.2. The molecule has 0 spiro atoms. The van der Waals surface area contributed by atoms with Gasteiger partial charge in [-0.1, -0.05) is 0 Å². The van der Waals surface area contributed by atoms with Crippen LogP contribution in [0.25, 0.3) is 0 Å². The molecule has 0 aromatic rings. The molecule has 2 amide bonds. The highest BCUT2D eigenvalue weighted by Crippen LogP contribution is 2.26. The second-order valence-electron chi connectivity index (χ2n) is 7.16. The van der Waals surface area contributed by atoms with Gasteiger partial charge in [0.15, 0.2) is 0 Å². The van der Waals surface area contributed by atoms with Gasteiger partial charge in [0, 0.05) is 31.1 Å². The van der Waals surface area contributed by atoms with Crippen molar-refractivity contribution in [1.82, 2.24) is 10.2 Å². The Kier molecular flexibility index (Phi) is 4.76. The molecule has 2 rings (SSSR count). The number of likely N-dealkylation sites (tertiary alicyclic amines) is 1. The molecule has 0 aromatic carbocycles. The second-order valence-corrected chi connectivity index (χ2v) is 7.16. The normalized spacial score (nSPS) is 30.4. The molecule has 1 unspecified atom stereocenters. The van der Waals surface area contributed by atoms with E-state index in [2.05, 4.69) is 5.32 Å². The Labute approximate surface area is 126 Å². The zero-order chi connectivity index (χ0) is 15.6. The molecule has 2 fully saturated rings. The van der Waals surface area contributed by atoms with Gasteiger partial charge in [-0.15, -0.1) is 0 Å². The quantitative estimate of drug-likeness (QED) is 0.806. The molecule has 0 aromatic heterocycles. The number of ether oxygens (including phenoxy) is 1. The third-order valence-corrected chi connectivity index (χ3v) is 4.05. The molecule has 1 heterocycles. The molecule has 1 aliphatic carbocycles. The summed E-state index contributed by atoms with van der Waals surface area (Å²) in [7, 11) is 0. The average Bonchev–Trinajstić information content (AvgIpc) is 2.67. The van der Waals surface area contributed by atoms with E-state index in [4.69, 9.17) is 10.5 Å². The monoisotopic (exact) mass is 297 g/mol. The lowest BCUT2D eigenvalue weighted by molar-refractivity contribution is -0.130. The molecular weight excluding hydrogens is 270 g/mol. The molecule has 21 heavy (non-hydrogen) atoms. The van der Waals surface area contributed by atoms with Crippen molar-refractivity contribution in [2.75, 3.05) is 6.54 Å². The van der Waals surface area contributed by atoms with E-state index in [-0.39, 0.29) is 30.1 Å². The number of nitrogens with zero attached hydrogens (tertiary/aromatic N) is 1. The molecular formula is C15H27N3O3. The fourth-order valence-electron chi connectivity index (χ4n) is 3.12. The van der Waals surface area contributed by atoms with Gasteiger partial charge in [-0.25, -0.2) is 4.79 Å². The smallest absolute Gasteiger partial charge is 0.407 e. The van der Waals surface area contributed by atoms with Crippen molar-refractivity contribution in [2.45, 2.75) is 76.6 Å². The average molecular weight is 297 g/mol. The molecule has 0 bridgehead atoms. The highest BCUT2D eigenvalue weighted by molar-refractivity contribution is 5.79. The molecule has 1 saturated carbocycles. The summed E-state index contributed by atoms with van der Waals surface area (Å²) in [4.78, 5) is 25.5.